The molecule has 0 aliphatic carbocycles. The van der Waals surface area contributed by atoms with Gasteiger partial charge >= 0.3 is 12.1 Å². The number of hydrogen-bond acceptors (Lipinski definition) is 4. The summed E-state index contributed by atoms with van der Waals surface area (Å²) in [7, 11) is 1.41. The van der Waals surface area contributed by atoms with Crippen molar-refractivity contribution in [2.45, 2.75) is 13.1 Å². The molecule has 0 aliphatic rings. The van der Waals surface area contributed by atoms with Crippen LogP contribution in [0.5, 0.6) is 5.75 Å². The number of halogens is 4. The quantitative estimate of drug-likeness (QED) is 0.574. The summed E-state index contributed by atoms with van der Waals surface area (Å²) in [6.07, 6.45) is -4.97. The lowest BCUT2D eigenvalue weighted by Gasteiger charge is -2.09. The normalized spacial score (nSPS) is 11.7. The van der Waals surface area contributed by atoms with Gasteiger partial charge in [0.1, 0.15) is 5.75 Å². The van der Waals surface area contributed by atoms with Gasteiger partial charge in [0, 0.05) is 10.7 Å². The zero-order chi connectivity index (χ0) is 20.9. The zero-order valence-corrected chi connectivity index (χ0v) is 15.5. The van der Waals surface area contributed by atoms with Gasteiger partial charge in [0.05, 0.1) is 18.4 Å². The maximum atomic E-state index is 12.3. The van der Waals surface area contributed by atoms with Crippen molar-refractivity contribution in [1.29, 1.82) is 0 Å². The maximum Gasteiger partial charge on any atom is 0.471 e. The van der Waals surface area contributed by atoms with E-state index in [1.807, 2.05) is 0 Å². The summed E-state index contributed by atoms with van der Waals surface area (Å²) in [5.41, 5.74) is 3.45. The van der Waals surface area contributed by atoms with Gasteiger partial charge in [-0.2, -0.15) is 18.3 Å². The number of nitrogens with one attached hydrogen (secondary N) is 2. The number of ether oxygens (including phenoxy) is 1. The van der Waals surface area contributed by atoms with E-state index in [0.717, 1.165) is 0 Å². The zero-order valence-electron chi connectivity index (χ0n) is 14.7. The smallest absolute Gasteiger partial charge is 0.471 e. The minimum Gasteiger partial charge on any atom is -0.496 e. The van der Waals surface area contributed by atoms with Crippen LogP contribution in [0.1, 0.15) is 22.8 Å². The highest BCUT2D eigenvalue weighted by atomic mass is 35.5. The van der Waals surface area contributed by atoms with Crippen LogP contribution >= 0.6 is 11.6 Å². The number of benzene rings is 2. The number of carbonyl (C=O) groups is 2. The number of rotatable bonds is 5. The van der Waals surface area contributed by atoms with Crippen LogP contribution in [0.25, 0.3) is 0 Å². The minimum absolute atomic E-state index is 0.0217. The number of anilines is 1. The van der Waals surface area contributed by atoms with Crippen LogP contribution in [0.4, 0.5) is 18.9 Å². The van der Waals surface area contributed by atoms with Crippen molar-refractivity contribution in [3.8, 4) is 5.75 Å². The van der Waals surface area contributed by atoms with E-state index in [4.69, 9.17) is 16.3 Å². The second-order valence-electron chi connectivity index (χ2n) is 5.51. The molecule has 6 nitrogen and oxygen atoms in total. The number of carbonyl (C=O) groups excluding carboxylic acids is 2. The Balaban J connectivity index is 2.08. The first-order valence-electron chi connectivity index (χ1n) is 7.78. The molecule has 0 saturated heterocycles. The van der Waals surface area contributed by atoms with Crippen molar-refractivity contribution in [2.24, 2.45) is 5.10 Å². The number of amides is 2. The molecule has 2 aromatic carbocycles. The fraction of sp³-hybridized carbons (Fsp3) is 0.167. The fourth-order valence-electron chi connectivity index (χ4n) is 2.11. The standard InChI is InChI=1S/C18H15ClF3N3O3/c1-10(11-3-6-13(7-4-11)23-17(27)18(20,21)22)24-25-16(26)14-9-12(19)5-8-15(14)28-2/h3-9H,1-2H3,(H,23,27)(H,25,26)/b24-10-. The molecule has 148 valence electrons. The molecule has 2 N–H and O–H groups in total. The molecule has 28 heavy (non-hydrogen) atoms. The van der Waals surface area contributed by atoms with E-state index in [1.54, 1.807) is 24.4 Å². The third-order valence-electron chi connectivity index (χ3n) is 3.55. The molecule has 2 amide bonds. The lowest BCUT2D eigenvalue weighted by atomic mass is 10.1. The second kappa shape index (κ2) is 8.75. The predicted octanol–water partition coefficient (Wildman–Crippen LogP) is 4.00. The molecule has 10 heteroatoms. The molecule has 0 bridgehead atoms. The van der Waals surface area contributed by atoms with Gasteiger partial charge in [-0.3, -0.25) is 9.59 Å². The fourth-order valence-corrected chi connectivity index (χ4v) is 2.29. The molecule has 0 unspecified atom stereocenters. The van der Waals surface area contributed by atoms with Crippen LogP contribution in [0.2, 0.25) is 5.02 Å². The minimum atomic E-state index is -4.97. The molecule has 2 aromatic rings. The van der Waals surface area contributed by atoms with Crippen LogP contribution in [0, 0.1) is 0 Å². The Bertz CT molecular complexity index is 913. The van der Waals surface area contributed by atoms with Gasteiger partial charge in [0.25, 0.3) is 5.91 Å². The van der Waals surface area contributed by atoms with Gasteiger partial charge in [-0.15, -0.1) is 0 Å². The van der Waals surface area contributed by atoms with E-state index in [2.05, 4.69) is 10.5 Å². The largest absolute Gasteiger partial charge is 0.496 e. The Morgan fingerprint density at radius 1 is 1.11 bits per heavy atom. The van der Waals surface area contributed by atoms with E-state index >= 15 is 0 Å². The van der Waals surface area contributed by atoms with Crippen molar-refractivity contribution >= 4 is 34.8 Å². The van der Waals surface area contributed by atoms with Crippen molar-refractivity contribution in [1.82, 2.24) is 5.43 Å². The molecule has 0 heterocycles. The van der Waals surface area contributed by atoms with Crippen LogP contribution in [0.3, 0.4) is 0 Å². The second-order valence-corrected chi connectivity index (χ2v) is 5.95. The third-order valence-corrected chi connectivity index (χ3v) is 3.78. The average molecular weight is 414 g/mol. The van der Waals surface area contributed by atoms with E-state index in [1.165, 1.54) is 37.4 Å². The summed E-state index contributed by atoms with van der Waals surface area (Å²) in [6.45, 7) is 1.60. The van der Waals surface area contributed by atoms with Gasteiger partial charge in [0.15, 0.2) is 0 Å². The summed E-state index contributed by atoms with van der Waals surface area (Å²) in [5, 5.41) is 6.04. The van der Waals surface area contributed by atoms with Crippen molar-refractivity contribution < 1.29 is 27.5 Å². The van der Waals surface area contributed by atoms with Crippen LogP contribution in [-0.4, -0.2) is 30.8 Å². The number of alkyl halides is 3. The number of hydrazone groups is 1. The van der Waals surface area contributed by atoms with E-state index < -0.39 is 18.0 Å². The first kappa shape index (κ1) is 21.2. The van der Waals surface area contributed by atoms with E-state index in [9.17, 15) is 22.8 Å². The molecule has 0 spiro atoms. The first-order chi connectivity index (χ1) is 13.1. The van der Waals surface area contributed by atoms with Crippen LogP contribution in [-0.2, 0) is 4.79 Å². The Hall–Kier alpha value is -3.07. The number of hydrogen-bond donors (Lipinski definition) is 2. The maximum absolute atomic E-state index is 12.3. The van der Waals surface area contributed by atoms with Crippen molar-refractivity contribution in [2.75, 3.05) is 12.4 Å². The highest BCUT2D eigenvalue weighted by Gasteiger charge is 2.38. The predicted molar refractivity (Wildman–Crippen MR) is 98.8 cm³/mol. The van der Waals surface area contributed by atoms with Crippen LogP contribution < -0.4 is 15.5 Å². The van der Waals surface area contributed by atoms with Gasteiger partial charge < -0.3 is 10.1 Å². The lowest BCUT2D eigenvalue weighted by Crippen LogP contribution is -2.29. The monoisotopic (exact) mass is 413 g/mol. The van der Waals surface area contributed by atoms with Crippen molar-refractivity contribution in [3.63, 3.8) is 0 Å². The Kier molecular flexibility index (Phi) is 6.63. The topological polar surface area (TPSA) is 79.8 Å². The first-order valence-corrected chi connectivity index (χ1v) is 8.16. The SMILES string of the molecule is COc1ccc(Cl)cc1C(=O)N/N=C(/C)c1ccc(NC(=O)C(F)(F)F)cc1. The van der Waals surface area contributed by atoms with Gasteiger partial charge in [-0.05, 0) is 42.8 Å². The van der Waals surface area contributed by atoms with Gasteiger partial charge in [-0.1, -0.05) is 23.7 Å². The molecular weight excluding hydrogens is 399 g/mol. The van der Waals surface area contributed by atoms with Crippen LogP contribution in [0.15, 0.2) is 47.6 Å². The van der Waals surface area contributed by atoms with Gasteiger partial charge in [-0.25, -0.2) is 5.43 Å². The summed E-state index contributed by atoms with van der Waals surface area (Å²) >= 11 is 5.88. The summed E-state index contributed by atoms with van der Waals surface area (Å²) in [6, 6.07) is 10.0. The summed E-state index contributed by atoms with van der Waals surface area (Å²) < 4.78 is 41.8. The lowest BCUT2D eigenvalue weighted by molar-refractivity contribution is -0.167. The molecule has 0 fully saturated rings. The number of nitrogens with zero attached hydrogens (tertiary/aromatic N) is 1. The molecule has 0 aliphatic heterocycles. The molecule has 0 aromatic heterocycles. The molecular formula is C18H15ClF3N3O3. The summed E-state index contributed by atoms with van der Waals surface area (Å²) in [5.74, 6) is -2.29. The highest BCUT2D eigenvalue weighted by Crippen LogP contribution is 2.22. The Morgan fingerprint density at radius 3 is 2.32 bits per heavy atom. The molecule has 0 radical (unpaired) electrons. The van der Waals surface area contributed by atoms with E-state index in [-0.39, 0.29) is 11.3 Å². The summed E-state index contributed by atoms with van der Waals surface area (Å²) in [4.78, 5) is 23.2. The average Bonchev–Trinajstić information content (AvgIpc) is 2.65. The molecule has 0 saturated carbocycles. The Labute approximate surface area is 163 Å². The Morgan fingerprint density at radius 2 is 1.75 bits per heavy atom. The van der Waals surface area contributed by atoms with E-state index in [0.29, 0.717) is 22.0 Å². The number of methoxy groups -OCH3 is 1. The third kappa shape index (κ3) is 5.46. The highest BCUT2D eigenvalue weighted by molar-refractivity contribution is 6.31. The molecule has 2 rings (SSSR count). The van der Waals surface area contributed by atoms with Gasteiger partial charge in [0.2, 0.25) is 0 Å². The van der Waals surface area contributed by atoms with Crippen molar-refractivity contribution in [3.05, 3.63) is 58.6 Å². The molecule has 0 atom stereocenters.